The third-order valence-corrected chi connectivity index (χ3v) is 4.74. The molecule has 0 aromatic carbocycles. The summed E-state index contributed by atoms with van der Waals surface area (Å²) in [6.45, 7) is 5.16. The van der Waals surface area contributed by atoms with Crippen molar-refractivity contribution in [1.29, 1.82) is 0 Å². The maximum atomic E-state index is 12.2. The lowest BCUT2D eigenvalue weighted by atomic mass is 10.2. The molecule has 1 saturated carbocycles. The Morgan fingerprint density at radius 3 is 2.76 bits per heavy atom. The van der Waals surface area contributed by atoms with Gasteiger partial charge in [-0.1, -0.05) is 13.8 Å². The van der Waals surface area contributed by atoms with Crippen LogP contribution in [0.1, 0.15) is 38.4 Å². The van der Waals surface area contributed by atoms with E-state index >= 15 is 0 Å². The van der Waals surface area contributed by atoms with E-state index in [1.54, 1.807) is 6.20 Å². The minimum atomic E-state index is -3.54. The van der Waals surface area contributed by atoms with Crippen LogP contribution in [0.3, 0.4) is 0 Å². The van der Waals surface area contributed by atoms with Crippen molar-refractivity contribution in [3.63, 3.8) is 0 Å². The number of aliphatic hydroxyl groups excluding tert-OH is 1. The first-order chi connectivity index (χ1) is 9.94. The van der Waals surface area contributed by atoms with Crippen LogP contribution in [0.5, 0.6) is 0 Å². The molecule has 0 saturated heterocycles. The molecule has 6 nitrogen and oxygen atoms in total. The summed E-state index contributed by atoms with van der Waals surface area (Å²) in [6.07, 6.45) is 3.69. The van der Waals surface area contributed by atoms with Gasteiger partial charge in [-0.05, 0) is 24.8 Å². The van der Waals surface area contributed by atoms with Gasteiger partial charge in [-0.2, -0.15) is 0 Å². The van der Waals surface area contributed by atoms with Gasteiger partial charge in [-0.15, -0.1) is 0 Å². The number of hydrogen-bond acceptors (Lipinski definition) is 4. The average molecular weight is 316 g/mol. The minimum Gasteiger partial charge on any atom is -0.390 e. The molecule has 0 aliphatic heterocycles. The fourth-order valence-electron chi connectivity index (χ4n) is 2.11. The molecule has 1 heterocycles. The largest absolute Gasteiger partial charge is 0.390 e. The number of ether oxygens (including phenoxy) is 1. The summed E-state index contributed by atoms with van der Waals surface area (Å²) in [4.78, 5) is 0.210. The zero-order chi connectivity index (χ0) is 15.5. The van der Waals surface area contributed by atoms with E-state index in [0.717, 1.165) is 12.8 Å². The van der Waals surface area contributed by atoms with Gasteiger partial charge in [0.2, 0.25) is 10.0 Å². The SMILES string of the molecule is CC(C)COCCNS(=O)(=O)c1cc(CO)n(C2CC2)c1. The molecule has 7 heteroatoms. The summed E-state index contributed by atoms with van der Waals surface area (Å²) in [5.41, 5.74) is 0.647. The number of aromatic nitrogens is 1. The van der Waals surface area contributed by atoms with Gasteiger partial charge in [-0.3, -0.25) is 0 Å². The van der Waals surface area contributed by atoms with Crippen LogP contribution in [0, 0.1) is 5.92 Å². The molecule has 1 fully saturated rings. The van der Waals surface area contributed by atoms with Crippen LogP contribution < -0.4 is 4.72 Å². The van der Waals surface area contributed by atoms with Crippen LogP contribution in [0.25, 0.3) is 0 Å². The van der Waals surface area contributed by atoms with Crippen molar-refractivity contribution < 1.29 is 18.3 Å². The highest BCUT2D eigenvalue weighted by Crippen LogP contribution is 2.37. The zero-order valence-corrected chi connectivity index (χ0v) is 13.4. The van der Waals surface area contributed by atoms with Crippen LogP contribution in [-0.2, 0) is 21.4 Å². The third-order valence-electron chi connectivity index (χ3n) is 3.31. The first-order valence-corrected chi connectivity index (χ1v) is 8.81. The minimum absolute atomic E-state index is 0.149. The van der Waals surface area contributed by atoms with E-state index in [2.05, 4.69) is 4.72 Å². The summed E-state index contributed by atoms with van der Waals surface area (Å²) in [5.74, 6) is 0.432. The van der Waals surface area contributed by atoms with Gasteiger partial charge in [0.1, 0.15) is 0 Å². The van der Waals surface area contributed by atoms with Crippen LogP contribution in [-0.4, -0.2) is 37.8 Å². The second kappa shape index (κ2) is 6.91. The molecule has 0 bridgehead atoms. The van der Waals surface area contributed by atoms with E-state index < -0.39 is 10.0 Å². The monoisotopic (exact) mass is 316 g/mol. The molecule has 120 valence electrons. The number of sulfonamides is 1. The van der Waals surface area contributed by atoms with Gasteiger partial charge in [-0.25, -0.2) is 13.1 Å². The predicted octanol–water partition coefficient (Wildman–Crippen LogP) is 1.27. The number of hydrogen-bond donors (Lipinski definition) is 2. The van der Waals surface area contributed by atoms with Crippen LogP contribution >= 0.6 is 0 Å². The summed E-state index contributed by atoms with van der Waals surface area (Å²) >= 11 is 0. The van der Waals surface area contributed by atoms with E-state index in [-0.39, 0.29) is 18.0 Å². The van der Waals surface area contributed by atoms with Crippen molar-refractivity contribution >= 4 is 10.0 Å². The number of aliphatic hydroxyl groups is 1. The molecular weight excluding hydrogens is 292 g/mol. The van der Waals surface area contributed by atoms with Crippen molar-refractivity contribution in [2.45, 2.75) is 44.2 Å². The molecular formula is C14H24N2O4S. The fourth-order valence-corrected chi connectivity index (χ4v) is 3.18. The number of nitrogens with zero attached hydrogens (tertiary/aromatic N) is 1. The average Bonchev–Trinajstić information content (AvgIpc) is 3.16. The lowest BCUT2D eigenvalue weighted by molar-refractivity contribution is 0.114. The summed E-state index contributed by atoms with van der Waals surface area (Å²) < 4.78 is 34.1. The van der Waals surface area contributed by atoms with Gasteiger partial charge >= 0.3 is 0 Å². The smallest absolute Gasteiger partial charge is 0.242 e. The van der Waals surface area contributed by atoms with Gasteiger partial charge in [0, 0.05) is 31.1 Å². The molecule has 2 rings (SSSR count). The molecule has 1 aliphatic rings. The highest BCUT2D eigenvalue weighted by molar-refractivity contribution is 7.89. The van der Waals surface area contributed by atoms with E-state index in [1.807, 2.05) is 18.4 Å². The Balaban J connectivity index is 1.93. The molecule has 0 spiro atoms. The number of rotatable bonds is 9. The first kappa shape index (κ1) is 16.5. The van der Waals surface area contributed by atoms with E-state index in [1.165, 1.54) is 6.07 Å². The maximum Gasteiger partial charge on any atom is 0.242 e. The van der Waals surface area contributed by atoms with Gasteiger partial charge in [0.25, 0.3) is 0 Å². The van der Waals surface area contributed by atoms with Crippen molar-refractivity contribution in [2.24, 2.45) is 5.92 Å². The van der Waals surface area contributed by atoms with Gasteiger partial charge in [0.15, 0.2) is 0 Å². The standard InChI is InChI=1S/C14H24N2O4S/c1-11(2)10-20-6-5-15-21(18,19)14-7-13(9-17)16(8-14)12-3-4-12/h7-8,11-12,15,17H,3-6,9-10H2,1-2H3. The van der Waals surface area contributed by atoms with Crippen molar-refractivity contribution in [3.05, 3.63) is 18.0 Å². The fraction of sp³-hybridized carbons (Fsp3) is 0.714. The normalized spacial score (nSPS) is 15.8. The van der Waals surface area contributed by atoms with Crippen molar-refractivity contribution in [3.8, 4) is 0 Å². The topological polar surface area (TPSA) is 80.6 Å². The molecule has 2 N–H and O–H groups in total. The Morgan fingerprint density at radius 1 is 1.48 bits per heavy atom. The molecule has 0 amide bonds. The van der Waals surface area contributed by atoms with E-state index in [0.29, 0.717) is 30.9 Å². The molecule has 0 unspecified atom stereocenters. The zero-order valence-electron chi connectivity index (χ0n) is 12.6. The molecule has 0 radical (unpaired) electrons. The van der Waals surface area contributed by atoms with Crippen LogP contribution in [0.4, 0.5) is 0 Å². The summed E-state index contributed by atoms with van der Waals surface area (Å²) in [5, 5.41) is 9.32. The van der Waals surface area contributed by atoms with E-state index in [4.69, 9.17) is 4.74 Å². The van der Waals surface area contributed by atoms with Gasteiger partial charge < -0.3 is 14.4 Å². The second-order valence-corrected chi connectivity index (χ2v) is 7.60. The molecule has 0 atom stereocenters. The lowest BCUT2D eigenvalue weighted by Gasteiger charge is -2.08. The third kappa shape index (κ3) is 4.54. The Morgan fingerprint density at radius 2 is 2.19 bits per heavy atom. The number of nitrogens with one attached hydrogen (secondary N) is 1. The Kier molecular flexibility index (Phi) is 5.43. The first-order valence-electron chi connectivity index (χ1n) is 7.33. The Labute approximate surface area is 126 Å². The van der Waals surface area contributed by atoms with Crippen LogP contribution in [0.2, 0.25) is 0 Å². The van der Waals surface area contributed by atoms with Crippen LogP contribution in [0.15, 0.2) is 17.2 Å². The van der Waals surface area contributed by atoms with Gasteiger partial charge in [0.05, 0.1) is 18.1 Å². The Hall–Kier alpha value is -0.890. The maximum absolute atomic E-state index is 12.2. The molecule has 1 aliphatic carbocycles. The quantitative estimate of drug-likeness (QED) is 0.672. The van der Waals surface area contributed by atoms with Crippen molar-refractivity contribution in [1.82, 2.24) is 9.29 Å². The molecule has 1 aromatic heterocycles. The predicted molar refractivity (Wildman–Crippen MR) is 79.5 cm³/mol. The highest BCUT2D eigenvalue weighted by atomic mass is 32.2. The summed E-state index contributed by atoms with van der Waals surface area (Å²) in [7, 11) is -3.54. The Bertz CT molecular complexity index is 562. The molecule has 21 heavy (non-hydrogen) atoms. The van der Waals surface area contributed by atoms with E-state index in [9.17, 15) is 13.5 Å². The molecule has 1 aromatic rings. The second-order valence-electron chi connectivity index (χ2n) is 5.83. The summed E-state index contributed by atoms with van der Waals surface area (Å²) in [6, 6.07) is 1.88. The van der Waals surface area contributed by atoms with Crippen molar-refractivity contribution in [2.75, 3.05) is 19.8 Å². The highest BCUT2D eigenvalue weighted by Gasteiger charge is 2.27. The lowest BCUT2D eigenvalue weighted by Crippen LogP contribution is -2.27.